The first-order chi connectivity index (χ1) is 24.3. The summed E-state index contributed by atoms with van der Waals surface area (Å²) < 4.78 is 5.23. The van der Waals surface area contributed by atoms with E-state index in [1.54, 1.807) is 0 Å². The molecule has 0 N–H and O–H groups in total. The number of nitrogens with zero attached hydrogens (tertiary/aromatic N) is 2. The maximum absolute atomic E-state index is 2.62. The minimum atomic E-state index is 1.09. The van der Waals surface area contributed by atoms with Crippen LogP contribution in [0.5, 0.6) is 0 Å². The predicted molar refractivity (Wildman–Crippen MR) is 221 cm³/mol. The van der Waals surface area contributed by atoms with E-state index < -0.39 is 0 Å². The van der Waals surface area contributed by atoms with Gasteiger partial charge in [-0.3, -0.25) is 0 Å². The fourth-order valence-electron chi connectivity index (χ4n) is 7.25. The summed E-state index contributed by atoms with van der Waals surface area (Å²) in [5, 5.41) is 4.42. The van der Waals surface area contributed by atoms with Gasteiger partial charge in [0.15, 0.2) is 0 Å². The monoisotopic (exact) mass is 714 g/mol. The zero-order valence-corrected chi connectivity index (χ0v) is 33.1. The number of hydrogen-bond acceptors (Lipinski definition) is 3. The van der Waals surface area contributed by atoms with Crippen molar-refractivity contribution in [3.05, 3.63) is 71.4 Å². The summed E-state index contributed by atoms with van der Waals surface area (Å²) in [6, 6.07) is 23.2. The molecule has 0 unspecified atom stereocenters. The number of unbranched alkanes of at least 4 members (excludes halogenated alkanes) is 18. The van der Waals surface area contributed by atoms with Crippen molar-refractivity contribution in [3.63, 3.8) is 0 Å². The molecule has 0 radical (unpaired) electrons. The van der Waals surface area contributed by atoms with Crippen molar-refractivity contribution in [2.45, 2.75) is 155 Å². The summed E-state index contributed by atoms with van der Waals surface area (Å²) in [5.41, 5.74) is 5.50. The molecule has 0 amide bonds. The molecule has 0 aliphatic rings. The number of aromatic nitrogens is 2. The molecule has 5 rings (SSSR count). The van der Waals surface area contributed by atoms with Crippen molar-refractivity contribution in [1.29, 1.82) is 0 Å². The highest BCUT2D eigenvalue weighted by atomic mass is 32.1. The van der Waals surface area contributed by atoms with Gasteiger partial charge in [0.2, 0.25) is 0 Å². The second-order valence-corrected chi connectivity index (χ2v) is 17.0. The first kappa shape index (κ1) is 37.9. The zero-order chi connectivity index (χ0) is 33.9. The largest absolute Gasteiger partial charge is 0.339 e. The van der Waals surface area contributed by atoms with Crippen LogP contribution in [0.3, 0.4) is 0 Å². The van der Waals surface area contributed by atoms with Gasteiger partial charge in [0.05, 0.1) is 42.3 Å². The lowest BCUT2D eigenvalue weighted by Crippen LogP contribution is -2.02. The molecule has 0 aliphatic heterocycles. The van der Waals surface area contributed by atoms with Crippen LogP contribution in [0.25, 0.3) is 42.3 Å². The topological polar surface area (TPSA) is 9.86 Å². The van der Waals surface area contributed by atoms with Gasteiger partial charge in [-0.15, -0.1) is 34.0 Å². The Morgan fingerprint density at radius 1 is 0.367 bits per heavy atom. The molecular formula is C44H62N2S3. The van der Waals surface area contributed by atoms with Crippen molar-refractivity contribution in [3.8, 4) is 42.3 Å². The highest BCUT2D eigenvalue weighted by molar-refractivity contribution is 7.18. The lowest BCUT2D eigenvalue weighted by molar-refractivity contribution is 0.538. The molecule has 5 aromatic rings. The van der Waals surface area contributed by atoms with E-state index in [4.69, 9.17) is 0 Å². The van der Waals surface area contributed by atoms with Crippen LogP contribution < -0.4 is 0 Å². The fraction of sp³-hybridized carbons (Fsp3) is 0.545. The van der Waals surface area contributed by atoms with Crippen LogP contribution in [-0.4, -0.2) is 9.13 Å². The second-order valence-electron chi connectivity index (χ2n) is 14.0. The average molecular weight is 715 g/mol. The van der Waals surface area contributed by atoms with E-state index in [0.29, 0.717) is 0 Å². The van der Waals surface area contributed by atoms with Gasteiger partial charge >= 0.3 is 0 Å². The smallest absolute Gasteiger partial charge is 0.0587 e. The molecule has 5 heterocycles. The summed E-state index contributed by atoms with van der Waals surface area (Å²) in [6.07, 6.45) is 27.5. The van der Waals surface area contributed by atoms with Crippen molar-refractivity contribution >= 4 is 34.0 Å². The van der Waals surface area contributed by atoms with Gasteiger partial charge in [0.25, 0.3) is 0 Å². The second kappa shape index (κ2) is 21.8. The van der Waals surface area contributed by atoms with E-state index in [2.05, 4.69) is 94.4 Å². The van der Waals surface area contributed by atoms with Crippen molar-refractivity contribution in [2.75, 3.05) is 0 Å². The molecule has 266 valence electrons. The molecule has 5 aromatic heterocycles. The molecule has 0 saturated carbocycles. The van der Waals surface area contributed by atoms with Gasteiger partial charge in [-0.1, -0.05) is 142 Å². The van der Waals surface area contributed by atoms with E-state index in [0.717, 1.165) is 13.1 Å². The molecule has 0 aliphatic carbocycles. The van der Waals surface area contributed by atoms with Gasteiger partial charge in [-0.05, 0) is 72.1 Å². The lowest BCUT2D eigenvalue weighted by Gasteiger charge is -2.13. The van der Waals surface area contributed by atoms with Gasteiger partial charge < -0.3 is 9.13 Å². The zero-order valence-electron chi connectivity index (χ0n) is 30.6. The number of rotatable bonds is 26. The Labute approximate surface area is 310 Å². The summed E-state index contributed by atoms with van der Waals surface area (Å²) >= 11 is 5.69. The molecule has 5 heteroatoms. The van der Waals surface area contributed by atoms with Crippen LogP contribution in [0.4, 0.5) is 0 Å². The highest BCUT2D eigenvalue weighted by Gasteiger charge is 2.18. The SMILES string of the molecule is CCCCCCCCCCCCn1c(-c2cccs2)ccc1-c1ccc(-c2ccc(-c3cccs3)n2CCCCCCCCCCCC)s1. The molecule has 0 bridgehead atoms. The average Bonchev–Trinajstić information content (AvgIpc) is 3.96. The maximum Gasteiger partial charge on any atom is 0.0587 e. The van der Waals surface area contributed by atoms with Crippen LogP contribution in [0.15, 0.2) is 71.4 Å². The Bertz CT molecular complexity index is 1430. The number of thiophene rings is 3. The third-order valence-electron chi connectivity index (χ3n) is 10.1. The standard InChI is InChI=1S/C44H62N2S3/c1-3-5-7-9-11-13-15-17-19-21-33-45-37(41-25-23-35-47-41)27-29-39(45)43-31-32-44(49-43)40-30-28-38(42-26-24-36-48-42)46(40)34-22-20-18-16-14-12-10-8-6-4-2/h23-32,35-36H,3-22,33-34H2,1-2H3. The minimum absolute atomic E-state index is 1.09. The molecule has 0 fully saturated rings. The molecular weight excluding hydrogens is 653 g/mol. The fourth-order valence-corrected chi connectivity index (χ4v) is 9.85. The Morgan fingerprint density at radius 2 is 0.694 bits per heavy atom. The summed E-state index contributed by atoms with van der Waals surface area (Å²) in [6.45, 7) is 6.80. The lowest BCUT2D eigenvalue weighted by atomic mass is 10.1. The molecule has 2 nitrogen and oxygen atoms in total. The third kappa shape index (κ3) is 11.6. The molecule has 0 atom stereocenters. The van der Waals surface area contributed by atoms with Gasteiger partial charge in [0, 0.05) is 13.1 Å². The predicted octanol–water partition coefficient (Wildman–Crippen LogP) is 16.0. The van der Waals surface area contributed by atoms with Crippen LogP contribution >= 0.6 is 34.0 Å². The highest BCUT2D eigenvalue weighted by Crippen LogP contribution is 2.40. The van der Waals surface area contributed by atoms with E-state index in [1.165, 1.54) is 171 Å². The van der Waals surface area contributed by atoms with E-state index in [1.807, 2.05) is 34.0 Å². The van der Waals surface area contributed by atoms with Crippen molar-refractivity contribution in [2.24, 2.45) is 0 Å². The van der Waals surface area contributed by atoms with Crippen LogP contribution in [0.2, 0.25) is 0 Å². The number of hydrogen-bond donors (Lipinski definition) is 0. The van der Waals surface area contributed by atoms with E-state index >= 15 is 0 Å². The van der Waals surface area contributed by atoms with Crippen molar-refractivity contribution in [1.82, 2.24) is 9.13 Å². The van der Waals surface area contributed by atoms with Gasteiger partial charge in [-0.25, -0.2) is 0 Å². The first-order valence-electron chi connectivity index (χ1n) is 19.9. The molecule has 49 heavy (non-hydrogen) atoms. The quantitative estimate of drug-likeness (QED) is 0.0505. The van der Waals surface area contributed by atoms with Gasteiger partial charge in [0.1, 0.15) is 0 Å². The minimum Gasteiger partial charge on any atom is -0.339 e. The Kier molecular flexibility index (Phi) is 16.8. The van der Waals surface area contributed by atoms with Crippen LogP contribution in [0.1, 0.15) is 142 Å². The molecule has 0 spiro atoms. The Hall–Kier alpha value is -2.34. The summed E-state index contributed by atoms with van der Waals surface area (Å²) in [7, 11) is 0. The van der Waals surface area contributed by atoms with E-state index in [-0.39, 0.29) is 0 Å². The van der Waals surface area contributed by atoms with Crippen LogP contribution in [0, 0.1) is 0 Å². The summed E-state index contributed by atoms with van der Waals surface area (Å²) in [4.78, 5) is 5.52. The summed E-state index contributed by atoms with van der Waals surface area (Å²) in [5.74, 6) is 0. The van der Waals surface area contributed by atoms with Crippen molar-refractivity contribution < 1.29 is 0 Å². The molecule has 0 aromatic carbocycles. The van der Waals surface area contributed by atoms with Gasteiger partial charge in [-0.2, -0.15) is 0 Å². The molecule has 0 saturated heterocycles. The first-order valence-corrected chi connectivity index (χ1v) is 22.4. The Morgan fingerprint density at radius 3 is 1.02 bits per heavy atom. The maximum atomic E-state index is 2.62. The third-order valence-corrected chi connectivity index (χ3v) is 13.0. The normalized spacial score (nSPS) is 11.6. The van der Waals surface area contributed by atoms with Crippen LogP contribution in [-0.2, 0) is 13.1 Å². The van der Waals surface area contributed by atoms with E-state index in [9.17, 15) is 0 Å². The Balaban J connectivity index is 1.23.